The third kappa shape index (κ3) is 4.64. The van der Waals surface area contributed by atoms with Crippen molar-refractivity contribution in [2.45, 2.75) is 25.9 Å². The van der Waals surface area contributed by atoms with Crippen molar-refractivity contribution in [2.75, 3.05) is 7.05 Å². The van der Waals surface area contributed by atoms with E-state index in [4.69, 9.17) is 0 Å². The molecule has 0 saturated heterocycles. The summed E-state index contributed by atoms with van der Waals surface area (Å²) in [6, 6.07) is 16.6. The predicted molar refractivity (Wildman–Crippen MR) is 114 cm³/mol. The molecule has 0 aliphatic heterocycles. The van der Waals surface area contributed by atoms with Gasteiger partial charge in [0.05, 0.1) is 16.3 Å². The van der Waals surface area contributed by atoms with E-state index in [0.29, 0.717) is 0 Å². The lowest BCUT2D eigenvalue weighted by molar-refractivity contribution is -0.135. The summed E-state index contributed by atoms with van der Waals surface area (Å²) in [4.78, 5) is 31.1. The van der Waals surface area contributed by atoms with Crippen molar-refractivity contribution in [3.05, 3.63) is 71.2 Å². The highest BCUT2D eigenvalue weighted by atomic mass is 32.1. The van der Waals surface area contributed by atoms with Crippen LogP contribution in [-0.2, 0) is 9.59 Å². The van der Waals surface area contributed by atoms with E-state index in [0.717, 1.165) is 20.8 Å². The predicted octanol–water partition coefficient (Wildman–Crippen LogP) is 4.03. The molecule has 0 spiro atoms. The number of carbonyl (C=O) groups is 2. The highest BCUT2D eigenvalue weighted by Crippen LogP contribution is 2.29. The number of amides is 2. The molecule has 28 heavy (non-hydrogen) atoms. The Hall–Kier alpha value is -2.99. The molecule has 3 aromatic rings. The molecule has 1 aromatic heterocycles. The number of nitrogens with zero attached hydrogens (tertiary/aromatic N) is 2. The van der Waals surface area contributed by atoms with E-state index < -0.39 is 6.04 Å². The van der Waals surface area contributed by atoms with Gasteiger partial charge >= 0.3 is 0 Å². The Kier molecular flexibility index (Phi) is 6.21. The molecule has 144 valence electrons. The molecule has 2 aromatic carbocycles. The van der Waals surface area contributed by atoms with Crippen LogP contribution in [-0.4, -0.2) is 34.8 Å². The highest BCUT2D eigenvalue weighted by Gasteiger charge is 2.25. The zero-order valence-corrected chi connectivity index (χ0v) is 16.9. The second-order valence-corrected chi connectivity index (χ2v) is 7.68. The van der Waals surface area contributed by atoms with Crippen molar-refractivity contribution in [1.82, 2.24) is 15.2 Å². The molecule has 0 radical (unpaired) electrons. The maximum absolute atomic E-state index is 12.7. The van der Waals surface area contributed by atoms with Gasteiger partial charge < -0.3 is 10.2 Å². The van der Waals surface area contributed by atoms with E-state index in [1.807, 2.05) is 61.5 Å². The van der Waals surface area contributed by atoms with Crippen LogP contribution in [0.1, 0.15) is 30.5 Å². The maximum Gasteiger partial charge on any atom is 0.245 e. The van der Waals surface area contributed by atoms with Gasteiger partial charge in [-0.3, -0.25) is 9.59 Å². The van der Waals surface area contributed by atoms with Gasteiger partial charge in [0.2, 0.25) is 11.8 Å². The summed E-state index contributed by atoms with van der Waals surface area (Å²) in [5.41, 5.74) is 1.86. The minimum atomic E-state index is -0.630. The smallest absolute Gasteiger partial charge is 0.245 e. The molecule has 0 unspecified atom stereocenters. The quantitative estimate of drug-likeness (QED) is 0.643. The largest absolute Gasteiger partial charge is 0.341 e. The van der Waals surface area contributed by atoms with Crippen LogP contribution in [0.15, 0.2) is 60.7 Å². The van der Waals surface area contributed by atoms with Gasteiger partial charge in [-0.1, -0.05) is 42.5 Å². The van der Waals surface area contributed by atoms with Gasteiger partial charge in [0, 0.05) is 13.1 Å². The molecule has 5 nitrogen and oxygen atoms in total. The van der Waals surface area contributed by atoms with Crippen molar-refractivity contribution in [1.29, 1.82) is 0 Å². The Morgan fingerprint density at radius 3 is 2.46 bits per heavy atom. The Balaban J connectivity index is 1.61. The lowest BCUT2D eigenvalue weighted by Crippen LogP contribution is -2.45. The zero-order valence-electron chi connectivity index (χ0n) is 16.1. The minimum Gasteiger partial charge on any atom is -0.341 e. The Labute approximate surface area is 168 Å². The Morgan fingerprint density at radius 1 is 1.07 bits per heavy atom. The molecule has 0 fully saturated rings. The fraction of sp³-hybridized carbons (Fsp3) is 0.227. The number of nitrogens with one attached hydrogen (secondary N) is 1. The number of rotatable bonds is 6. The first-order chi connectivity index (χ1) is 13.5. The zero-order chi connectivity index (χ0) is 20.1. The minimum absolute atomic E-state index is 0.159. The number of benzene rings is 2. The van der Waals surface area contributed by atoms with Gasteiger partial charge in [-0.15, -0.1) is 11.3 Å². The SMILES string of the molecule is C[C@H](NC(=O)/C=C/c1ccccc1)C(=O)N(C)[C@H](C)c1nc2ccccc2s1. The first kappa shape index (κ1) is 19.8. The number of carbonyl (C=O) groups excluding carboxylic acids is 2. The first-order valence-corrected chi connectivity index (χ1v) is 9.93. The molecular formula is C22H23N3O2S. The van der Waals surface area contributed by atoms with Crippen LogP contribution in [0.25, 0.3) is 16.3 Å². The number of hydrogen-bond donors (Lipinski definition) is 1. The average Bonchev–Trinajstić information content (AvgIpc) is 3.15. The van der Waals surface area contributed by atoms with Crippen LogP contribution >= 0.6 is 11.3 Å². The molecule has 1 heterocycles. The summed E-state index contributed by atoms with van der Waals surface area (Å²) in [5.74, 6) is -0.459. The molecular weight excluding hydrogens is 370 g/mol. The van der Waals surface area contributed by atoms with E-state index in [2.05, 4.69) is 10.3 Å². The van der Waals surface area contributed by atoms with Crippen LogP contribution in [0.5, 0.6) is 0 Å². The van der Waals surface area contributed by atoms with Crippen LogP contribution in [0.4, 0.5) is 0 Å². The Morgan fingerprint density at radius 2 is 1.75 bits per heavy atom. The van der Waals surface area contributed by atoms with E-state index in [9.17, 15) is 9.59 Å². The molecule has 2 amide bonds. The van der Waals surface area contributed by atoms with Gasteiger partial charge in [-0.2, -0.15) is 0 Å². The van der Waals surface area contributed by atoms with E-state index in [-0.39, 0.29) is 17.9 Å². The number of para-hydroxylation sites is 1. The lowest BCUT2D eigenvalue weighted by Gasteiger charge is -2.26. The Bertz CT molecular complexity index is 964. The third-order valence-corrected chi connectivity index (χ3v) is 5.76. The maximum atomic E-state index is 12.7. The summed E-state index contributed by atoms with van der Waals surface area (Å²) >= 11 is 1.58. The van der Waals surface area contributed by atoms with Gasteiger partial charge in [-0.25, -0.2) is 4.98 Å². The van der Waals surface area contributed by atoms with Gasteiger partial charge in [-0.05, 0) is 37.6 Å². The van der Waals surface area contributed by atoms with Crippen LogP contribution in [0, 0.1) is 0 Å². The second kappa shape index (κ2) is 8.80. The third-order valence-electron chi connectivity index (χ3n) is 4.55. The van der Waals surface area contributed by atoms with Crippen molar-refractivity contribution in [3.63, 3.8) is 0 Å². The molecule has 1 N–H and O–H groups in total. The number of fused-ring (bicyclic) bond motifs is 1. The normalized spacial score (nSPS) is 13.4. The molecule has 0 bridgehead atoms. The topological polar surface area (TPSA) is 62.3 Å². The monoisotopic (exact) mass is 393 g/mol. The summed E-state index contributed by atoms with van der Waals surface area (Å²) < 4.78 is 1.09. The summed E-state index contributed by atoms with van der Waals surface area (Å²) in [6.07, 6.45) is 3.16. The van der Waals surface area contributed by atoms with Gasteiger partial charge in [0.1, 0.15) is 11.0 Å². The van der Waals surface area contributed by atoms with Gasteiger partial charge in [0.25, 0.3) is 0 Å². The van der Waals surface area contributed by atoms with Crippen LogP contribution in [0.3, 0.4) is 0 Å². The highest BCUT2D eigenvalue weighted by molar-refractivity contribution is 7.18. The summed E-state index contributed by atoms with van der Waals surface area (Å²) in [6.45, 7) is 3.64. The average molecular weight is 394 g/mol. The summed E-state index contributed by atoms with van der Waals surface area (Å²) in [5, 5.41) is 3.60. The van der Waals surface area contributed by atoms with E-state index in [1.165, 1.54) is 6.08 Å². The molecule has 0 aliphatic rings. The fourth-order valence-electron chi connectivity index (χ4n) is 2.79. The van der Waals surface area contributed by atoms with Crippen molar-refractivity contribution < 1.29 is 9.59 Å². The lowest BCUT2D eigenvalue weighted by atomic mass is 10.2. The summed E-state index contributed by atoms with van der Waals surface area (Å²) in [7, 11) is 1.74. The first-order valence-electron chi connectivity index (χ1n) is 9.11. The molecule has 0 saturated carbocycles. The molecule has 6 heteroatoms. The van der Waals surface area contributed by atoms with Crippen molar-refractivity contribution >= 4 is 39.4 Å². The van der Waals surface area contributed by atoms with Crippen molar-refractivity contribution in [3.8, 4) is 0 Å². The van der Waals surface area contributed by atoms with Crippen molar-refractivity contribution in [2.24, 2.45) is 0 Å². The molecule has 0 aliphatic carbocycles. The standard InChI is InChI=1S/C22H23N3O2S/c1-15(23-20(26)14-13-17-9-5-4-6-10-17)22(27)25(3)16(2)21-24-18-11-7-8-12-19(18)28-21/h4-16H,1-3H3,(H,23,26)/b14-13+/t15-,16+/m0/s1. The molecule has 3 rings (SSSR count). The van der Waals surface area contributed by atoms with E-state index in [1.54, 1.807) is 36.3 Å². The number of thiazole rings is 1. The van der Waals surface area contributed by atoms with Gasteiger partial charge in [0.15, 0.2) is 0 Å². The number of hydrogen-bond acceptors (Lipinski definition) is 4. The van der Waals surface area contributed by atoms with Crippen LogP contribution < -0.4 is 5.32 Å². The van der Waals surface area contributed by atoms with Crippen LogP contribution in [0.2, 0.25) is 0 Å². The number of likely N-dealkylation sites (N-methyl/N-ethyl adjacent to an activating group) is 1. The number of aromatic nitrogens is 1. The fourth-order valence-corrected chi connectivity index (χ4v) is 3.85. The van der Waals surface area contributed by atoms with E-state index >= 15 is 0 Å². The molecule has 2 atom stereocenters. The second-order valence-electron chi connectivity index (χ2n) is 6.62.